The molecule has 2 heterocycles. The number of methoxy groups -OCH3 is 1. The van der Waals surface area contributed by atoms with Gasteiger partial charge in [0.05, 0.1) is 13.2 Å². The summed E-state index contributed by atoms with van der Waals surface area (Å²) in [7, 11) is 1.69. The van der Waals surface area contributed by atoms with Crippen LogP contribution in [-0.2, 0) is 13.0 Å². The van der Waals surface area contributed by atoms with Crippen molar-refractivity contribution < 1.29 is 4.74 Å². The van der Waals surface area contributed by atoms with Gasteiger partial charge in [-0.2, -0.15) is 0 Å². The number of rotatable bonds is 5. The summed E-state index contributed by atoms with van der Waals surface area (Å²) in [5.41, 5.74) is 3.80. The van der Waals surface area contributed by atoms with E-state index in [1.54, 1.807) is 7.11 Å². The van der Waals surface area contributed by atoms with Crippen LogP contribution >= 0.6 is 12.2 Å². The molecule has 1 aromatic heterocycles. The predicted molar refractivity (Wildman–Crippen MR) is 117 cm³/mol. The first-order valence-corrected chi connectivity index (χ1v) is 10.0. The molecule has 0 bridgehead atoms. The zero-order valence-electron chi connectivity index (χ0n) is 16.0. The number of nitrogens with one attached hydrogen (secondary N) is 1. The molecule has 1 atom stereocenters. The summed E-state index contributed by atoms with van der Waals surface area (Å²) in [4.78, 5) is 2.30. The Labute approximate surface area is 171 Å². The average Bonchev–Trinajstić information content (AvgIpc) is 3.23. The van der Waals surface area contributed by atoms with Crippen molar-refractivity contribution in [2.75, 3.05) is 20.2 Å². The molecule has 0 aliphatic carbocycles. The van der Waals surface area contributed by atoms with Gasteiger partial charge < -0.3 is 19.5 Å². The van der Waals surface area contributed by atoms with E-state index in [0.29, 0.717) is 0 Å². The third kappa shape index (κ3) is 3.90. The van der Waals surface area contributed by atoms with Gasteiger partial charge in [-0.1, -0.05) is 42.5 Å². The summed E-state index contributed by atoms with van der Waals surface area (Å²) in [5.74, 6) is 0.866. The molecule has 1 aliphatic rings. The highest BCUT2D eigenvalue weighted by atomic mass is 32.1. The minimum atomic E-state index is 0.103. The fraction of sp³-hybridized carbons (Fsp3) is 0.261. The zero-order chi connectivity index (χ0) is 19.3. The van der Waals surface area contributed by atoms with Gasteiger partial charge in [0.15, 0.2) is 5.11 Å². The van der Waals surface area contributed by atoms with Crippen molar-refractivity contribution in [2.45, 2.75) is 19.0 Å². The molecular weight excluding hydrogens is 366 g/mol. The van der Waals surface area contributed by atoms with Crippen LogP contribution in [-0.4, -0.2) is 34.8 Å². The fourth-order valence-corrected chi connectivity index (χ4v) is 4.10. The van der Waals surface area contributed by atoms with E-state index in [2.05, 4.69) is 69.5 Å². The quantitative estimate of drug-likeness (QED) is 0.666. The van der Waals surface area contributed by atoms with Crippen LogP contribution in [0.3, 0.4) is 0 Å². The normalized spacial score (nSPS) is 15.8. The van der Waals surface area contributed by atoms with Crippen LogP contribution in [0.4, 0.5) is 0 Å². The van der Waals surface area contributed by atoms with Crippen molar-refractivity contribution in [2.24, 2.45) is 0 Å². The second-order valence-corrected chi connectivity index (χ2v) is 7.35. The molecule has 0 saturated heterocycles. The molecular formula is C23H25N3OS. The van der Waals surface area contributed by atoms with Crippen LogP contribution in [0, 0.1) is 0 Å². The molecule has 5 heteroatoms. The maximum atomic E-state index is 5.80. The Balaban J connectivity index is 1.51. The van der Waals surface area contributed by atoms with Gasteiger partial charge in [0, 0.05) is 31.5 Å². The molecule has 3 aromatic rings. The second kappa shape index (κ2) is 8.48. The van der Waals surface area contributed by atoms with E-state index in [0.717, 1.165) is 36.9 Å². The highest BCUT2D eigenvalue weighted by molar-refractivity contribution is 7.80. The Kier molecular flexibility index (Phi) is 5.63. The molecule has 0 spiro atoms. The number of fused-ring (bicyclic) bond motifs is 1. The molecule has 4 rings (SSSR count). The first-order valence-electron chi connectivity index (χ1n) is 9.63. The summed E-state index contributed by atoms with van der Waals surface area (Å²) in [5, 5.41) is 4.28. The third-order valence-corrected chi connectivity index (χ3v) is 5.64. The third-order valence-electron chi connectivity index (χ3n) is 5.26. The maximum absolute atomic E-state index is 5.80. The van der Waals surface area contributed by atoms with Crippen molar-refractivity contribution in [3.05, 3.63) is 89.7 Å². The summed E-state index contributed by atoms with van der Waals surface area (Å²) < 4.78 is 7.64. The SMILES string of the molecule is COc1ccc(C2c3cccn3CCN2C(=S)NCCc2ccccc2)cc1. The topological polar surface area (TPSA) is 29.4 Å². The molecule has 0 amide bonds. The highest BCUT2D eigenvalue weighted by Crippen LogP contribution is 2.33. The van der Waals surface area contributed by atoms with Crippen molar-refractivity contribution in [3.63, 3.8) is 0 Å². The molecule has 1 N–H and O–H groups in total. The molecule has 0 saturated carbocycles. The van der Waals surface area contributed by atoms with Gasteiger partial charge in [0.1, 0.15) is 5.75 Å². The number of nitrogens with zero attached hydrogens (tertiary/aromatic N) is 2. The number of benzene rings is 2. The lowest BCUT2D eigenvalue weighted by Gasteiger charge is -2.39. The smallest absolute Gasteiger partial charge is 0.169 e. The van der Waals surface area contributed by atoms with Crippen LogP contribution in [0.5, 0.6) is 5.75 Å². The van der Waals surface area contributed by atoms with Gasteiger partial charge in [-0.3, -0.25) is 0 Å². The maximum Gasteiger partial charge on any atom is 0.169 e. The van der Waals surface area contributed by atoms with Crippen molar-refractivity contribution in [3.8, 4) is 5.75 Å². The van der Waals surface area contributed by atoms with E-state index in [1.807, 2.05) is 18.2 Å². The van der Waals surface area contributed by atoms with E-state index in [4.69, 9.17) is 17.0 Å². The number of ether oxygens (including phenoxy) is 1. The Bertz CT molecular complexity index is 921. The van der Waals surface area contributed by atoms with Crippen molar-refractivity contribution in [1.82, 2.24) is 14.8 Å². The Morgan fingerprint density at radius 3 is 2.57 bits per heavy atom. The lowest BCUT2D eigenvalue weighted by Crippen LogP contribution is -2.47. The lowest BCUT2D eigenvalue weighted by atomic mass is 10.00. The number of thiocarbonyl (C=S) groups is 1. The number of hydrogen-bond acceptors (Lipinski definition) is 2. The minimum Gasteiger partial charge on any atom is -0.497 e. The van der Waals surface area contributed by atoms with Crippen LogP contribution in [0.15, 0.2) is 72.9 Å². The lowest BCUT2D eigenvalue weighted by molar-refractivity contribution is 0.286. The molecule has 4 nitrogen and oxygen atoms in total. The number of aromatic nitrogens is 1. The minimum absolute atomic E-state index is 0.103. The van der Waals surface area contributed by atoms with E-state index in [1.165, 1.54) is 16.8 Å². The molecule has 1 unspecified atom stereocenters. The summed E-state index contributed by atoms with van der Waals surface area (Å²) in [6.07, 6.45) is 3.10. The van der Waals surface area contributed by atoms with E-state index < -0.39 is 0 Å². The Morgan fingerprint density at radius 1 is 1.04 bits per heavy atom. The highest BCUT2D eigenvalue weighted by Gasteiger charge is 2.30. The van der Waals surface area contributed by atoms with E-state index in [-0.39, 0.29) is 6.04 Å². The first kappa shape index (κ1) is 18.6. The molecule has 2 aromatic carbocycles. The van der Waals surface area contributed by atoms with E-state index in [9.17, 15) is 0 Å². The average molecular weight is 392 g/mol. The fourth-order valence-electron chi connectivity index (χ4n) is 3.80. The van der Waals surface area contributed by atoms with E-state index >= 15 is 0 Å². The standard InChI is InChI=1S/C23H25N3OS/c1-27-20-11-9-19(10-12-20)22-21-8-5-15-25(21)16-17-26(22)23(28)24-14-13-18-6-3-2-4-7-18/h2-12,15,22H,13-14,16-17H2,1H3,(H,24,28). The largest absolute Gasteiger partial charge is 0.497 e. The molecule has 0 radical (unpaired) electrons. The summed E-state index contributed by atoms with van der Waals surface area (Å²) in [6, 6.07) is 23.2. The van der Waals surface area contributed by atoms with Gasteiger partial charge >= 0.3 is 0 Å². The van der Waals surface area contributed by atoms with Crippen molar-refractivity contribution in [1.29, 1.82) is 0 Å². The van der Waals surface area contributed by atoms with Crippen molar-refractivity contribution >= 4 is 17.3 Å². The predicted octanol–water partition coefficient (Wildman–Crippen LogP) is 4.02. The Morgan fingerprint density at radius 2 is 1.82 bits per heavy atom. The van der Waals surface area contributed by atoms with Gasteiger partial charge in [-0.15, -0.1) is 0 Å². The van der Waals surface area contributed by atoms with Crippen LogP contribution in [0.25, 0.3) is 0 Å². The summed E-state index contributed by atoms with van der Waals surface area (Å²) >= 11 is 5.80. The van der Waals surface area contributed by atoms with Crippen LogP contribution in [0.1, 0.15) is 22.9 Å². The monoisotopic (exact) mass is 391 g/mol. The van der Waals surface area contributed by atoms with Gasteiger partial charge in [0.2, 0.25) is 0 Å². The second-order valence-electron chi connectivity index (χ2n) is 6.96. The molecule has 144 valence electrons. The number of hydrogen-bond donors (Lipinski definition) is 1. The molecule has 28 heavy (non-hydrogen) atoms. The zero-order valence-corrected chi connectivity index (χ0v) is 16.9. The van der Waals surface area contributed by atoms with Gasteiger partial charge in [-0.25, -0.2) is 0 Å². The Hall–Kier alpha value is -2.79. The van der Waals surface area contributed by atoms with Crippen LogP contribution in [0.2, 0.25) is 0 Å². The van der Waals surface area contributed by atoms with Crippen LogP contribution < -0.4 is 10.1 Å². The molecule has 1 aliphatic heterocycles. The summed E-state index contributed by atoms with van der Waals surface area (Å²) in [6.45, 7) is 2.65. The van der Waals surface area contributed by atoms with Gasteiger partial charge in [0.25, 0.3) is 0 Å². The molecule has 0 fully saturated rings. The van der Waals surface area contributed by atoms with Gasteiger partial charge in [-0.05, 0) is 54.0 Å². The first-order chi connectivity index (χ1) is 13.8.